The predicted octanol–water partition coefficient (Wildman–Crippen LogP) is 2.79. The van der Waals surface area contributed by atoms with E-state index in [0.717, 1.165) is 18.5 Å². The average Bonchev–Trinajstić information content (AvgIpc) is 2.56. The van der Waals surface area contributed by atoms with Gasteiger partial charge in [-0.15, -0.1) is 0 Å². The van der Waals surface area contributed by atoms with Gasteiger partial charge in [0.2, 0.25) is 10.0 Å². The molecular formula is C18H24N2O2S. The highest BCUT2D eigenvalue weighted by Gasteiger charge is 2.16. The topological polar surface area (TPSA) is 49.4 Å². The second-order valence-electron chi connectivity index (χ2n) is 5.70. The maximum atomic E-state index is 12.0. The van der Waals surface area contributed by atoms with Crippen molar-refractivity contribution in [3.8, 4) is 0 Å². The van der Waals surface area contributed by atoms with Gasteiger partial charge in [-0.05, 0) is 35.2 Å². The van der Waals surface area contributed by atoms with Crippen molar-refractivity contribution in [1.29, 1.82) is 0 Å². The van der Waals surface area contributed by atoms with Crippen LogP contribution >= 0.6 is 0 Å². The molecule has 0 fully saturated rings. The maximum absolute atomic E-state index is 12.0. The summed E-state index contributed by atoms with van der Waals surface area (Å²) in [6, 6.07) is 15.6. The van der Waals surface area contributed by atoms with Crippen molar-refractivity contribution < 1.29 is 8.42 Å². The van der Waals surface area contributed by atoms with Gasteiger partial charge in [0.25, 0.3) is 0 Å². The predicted molar refractivity (Wildman–Crippen MR) is 93.7 cm³/mol. The fourth-order valence-corrected chi connectivity index (χ4v) is 3.14. The highest BCUT2D eigenvalue weighted by Crippen LogP contribution is 2.14. The normalized spacial score (nSPS) is 11.8. The summed E-state index contributed by atoms with van der Waals surface area (Å²) in [5.41, 5.74) is 3.65. The highest BCUT2D eigenvalue weighted by atomic mass is 32.2. The van der Waals surface area contributed by atoms with Gasteiger partial charge < -0.3 is 5.32 Å². The van der Waals surface area contributed by atoms with Crippen molar-refractivity contribution in [1.82, 2.24) is 9.62 Å². The van der Waals surface area contributed by atoms with Gasteiger partial charge in [0.15, 0.2) is 0 Å². The molecule has 2 rings (SSSR count). The lowest BCUT2D eigenvalue weighted by Crippen LogP contribution is -2.22. The Morgan fingerprint density at radius 1 is 0.826 bits per heavy atom. The number of hydrogen-bond acceptors (Lipinski definition) is 3. The molecule has 0 heterocycles. The van der Waals surface area contributed by atoms with Gasteiger partial charge in [-0.3, -0.25) is 0 Å². The Hall–Kier alpha value is -1.69. The molecule has 2 aromatic rings. The van der Waals surface area contributed by atoms with Crippen LogP contribution < -0.4 is 5.32 Å². The smallest absolute Gasteiger partial charge is 0.242 e. The molecule has 0 atom stereocenters. The summed E-state index contributed by atoms with van der Waals surface area (Å²) in [6.07, 6.45) is 1.05. The monoisotopic (exact) mass is 332 g/mol. The largest absolute Gasteiger partial charge is 0.309 e. The summed E-state index contributed by atoms with van der Waals surface area (Å²) >= 11 is 0. The molecule has 0 radical (unpaired) electrons. The fourth-order valence-electron chi connectivity index (χ4n) is 2.23. The van der Waals surface area contributed by atoms with Crippen LogP contribution in [0.5, 0.6) is 0 Å². The Morgan fingerprint density at radius 3 is 1.70 bits per heavy atom. The third-order valence-corrected chi connectivity index (χ3v) is 5.62. The third kappa shape index (κ3) is 4.64. The van der Waals surface area contributed by atoms with Gasteiger partial charge in [0.1, 0.15) is 0 Å². The second kappa shape index (κ2) is 7.73. The van der Waals surface area contributed by atoms with Crippen molar-refractivity contribution in [3.63, 3.8) is 0 Å². The van der Waals surface area contributed by atoms with E-state index in [-0.39, 0.29) is 0 Å². The van der Waals surface area contributed by atoms with Gasteiger partial charge in [-0.25, -0.2) is 12.7 Å². The molecule has 4 nitrogen and oxygen atoms in total. The number of rotatable bonds is 7. The van der Waals surface area contributed by atoms with E-state index in [4.69, 9.17) is 0 Å². The van der Waals surface area contributed by atoms with Crippen LogP contribution in [0.2, 0.25) is 0 Å². The molecule has 0 aromatic heterocycles. The maximum Gasteiger partial charge on any atom is 0.242 e. The standard InChI is InChI=1S/C18H24N2O2S/c1-4-15-5-7-16(8-6-15)13-19-14-17-9-11-18(12-10-17)23(21,22)20(2)3/h5-12,19H,4,13-14H2,1-3H3. The van der Waals surface area contributed by atoms with Crippen molar-refractivity contribution >= 4 is 10.0 Å². The summed E-state index contributed by atoms with van der Waals surface area (Å²) in [5, 5.41) is 3.38. The molecule has 0 spiro atoms. The third-order valence-electron chi connectivity index (χ3n) is 3.79. The van der Waals surface area contributed by atoms with E-state index < -0.39 is 10.0 Å². The van der Waals surface area contributed by atoms with Crippen LogP contribution in [0.15, 0.2) is 53.4 Å². The molecule has 0 saturated heterocycles. The summed E-state index contributed by atoms with van der Waals surface area (Å²) in [6.45, 7) is 3.65. The minimum Gasteiger partial charge on any atom is -0.309 e. The molecule has 23 heavy (non-hydrogen) atoms. The number of nitrogens with one attached hydrogen (secondary N) is 1. The summed E-state index contributed by atoms with van der Waals surface area (Å²) in [4.78, 5) is 0.321. The van der Waals surface area contributed by atoms with E-state index >= 15 is 0 Å². The Kier molecular flexibility index (Phi) is 5.93. The molecular weight excluding hydrogens is 308 g/mol. The average molecular weight is 332 g/mol. The minimum atomic E-state index is -3.35. The van der Waals surface area contributed by atoms with Gasteiger partial charge in [0, 0.05) is 27.2 Å². The van der Waals surface area contributed by atoms with Gasteiger partial charge in [0.05, 0.1) is 4.90 Å². The molecule has 124 valence electrons. The van der Waals surface area contributed by atoms with E-state index in [2.05, 4.69) is 36.5 Å². The summed E-state index contributed by atoms with van der Waals surface area (Å²) in [7, 11) is -0.278. The Bertz CT molecular complexity index is 721. The lowest BCUT2D eigenvalue weighted by molar-refractivity contribution is 0.520. The lowest BCUT2D eigenvalue weighted by atomic mass is 10.1. The Labute approximate surface area is 139 Å². The SMILES string of the molecule is CCc1ccc(CNCc2ccc(S(=O)(=O)N(C)C)cc2)cc1. The van der Waals surface area contributed by atoms with Crippen LogP contribution in [0.4, 0.5) is 0 Å². The zero-order valence-electron chi connectivity index (χ0n) is 13.9. The Balaban J connectivity index is 1.91. The van der Waals surface area contributed by atoms with E-state index in [0.29, 0.717) is 11.4 Å². The first-order chi connectivity index (χ1) is 10.9. The summed E-state index contributed by atoms with van der Waals surface area (Å²) < 4.78 is 25.2. The first-order valence-electron chi connectivity index (χ1n) is 7.73. The Morgan fingerprint density at radius 2 is 1.26 bits per heavy atom. The van der Waals surface area contributed by atoms with Gasteiger partial charge >= 0.3 is 0 Å². The van der Waals surface area contributed by atoms with Crippen molar-refractivity contribution in [3.05, 3.63) is 65.2 Å². The number of benzene rings is 2. The molecule has 5 heteroatoms. The van der Waals surface area contributed by atoms with Crippen molar-refractivity contribution in [2.45, 2.75) is 31.3 Å². The molecule has 0 unspecified atom stereocenters. The zero-order chi connectivity index (χ0) is 16.9. The van der Waals surface area contributed by atoms with E-state index in [9.17, 15) is 8.42 Å². The molecule has 0 aliphatic carbocycles. The zero-order valence-corrected chi connectivity index (χ0v) is 14.7. The van der Waals surface area contributed by atoms with Crippen LogP contribution in [-0.4, -0.2) is 26.8 Å². The molecule has 0 saturated carbocycles. The second-order valence-corrected chi connectivity index (χ2v) is 7.86. The minimum absolute atomic E-state index is 0.321. The van der Waals surface area contributed by atoms with E-state index in [1.165, 1.54) is 29.5 Å². The van der Waals surface area contributed by atoms with Crippen LogP contribution in [0.3, 0.4) is 0 Å². The van der Waals surface area contributed by atoms with E-state index in [1.54, 1.807) is 12.1 Å². The number of sulfonamides is 1. The van der Waals surface area contributed by atoms with Gasteiger partial charge in [-0.2, -0.15) is 0 Å². The highest BCUT2D eigenvalue weighted by molar-refractivity contribution is 7.89. The van der Waals surface area contributed by atoms with Crippen LogP contribution in [0.1, 0.15) is 23.6 Å². The molecule has 0 bridgehead atoms. The summed E-state index contributed by atoms with van der Waals surface area (Å²) in [5.74, 6) is 0. The van der Waals surface area contributed by atoms with Crippen LogP contribution in [0.25, 0.3) is 0 Å². The number of hydrogen-bond donors (Lipinski definition) is 1. The first-order valence-corrected chi connectivity index (χ1v) is 9.17. The van der Waals surface area contributed by atoms with Gasteiger partial charge in [-0.1, -0.05) is 43.3 Å². The molecule has 1 N–H and O–H groups in total. The van der Waals surface area contributed by atoms with E-state index in [1.807, 2.05) is 12.1 Å². The van der Waals surface area contributed by atoms with Crippen LogP contribution in [0, 0.1) is 0 Å². The molecule has 0 aliphatic rings. The van der Waals surface area contributed by atoms with Crippen molar-refractivity contribution in [2.24, 2.45) is 0 Å². The first kappa shape index (κ1) is 17.7. The number of nitrogens with zero attached hydrogens (tertiary/aromatic N) is 1. The van der Waals surface area contributed by atoms with Crippen molar-refractivity contribution in [2.75, 3.05) is 14.1 Å². The molecule has 0 amide bonds. The number of aryl methyl sites for hydroxylation is 1. The fraction of sp³-hybridized carbons (Fsp3) is 0.333. The van der Waals surface area contributed by atoms with Crippen LogP contribution in [-0.2, 0) is 29.5 Å². The molecule has 2 aromatic carbocycles. The lowest BCUT2D eigenvalue weighted by Gasteiger charge is -2.12. The molecule has 0 aliphatic heterocycles. The quantitative estimate of drug-likeness (QED) is 0.848.